The van der Waals surface area contributed by atoms with Crippen LogP contribution in [0.25, 0.3) is 0 Å². The highest BCUT2D eigenvalue weighted by Crippen LogP contribution is 2.28. The van der Waals surface area contributed by atoms with Crippen molar-refractivity contribution in [1.29, 1.82) is 0 Å². The smallest absolute Gasteiger partial charge is 0.227 e. The van der Waals surface area contributed by atoms with Gasteiger partial charge in [0.2, 0.25) is 11.8 Å². The summed E-state index contributed by atoms with van der Waals surface area (Å²) in [4.78, 5) is 27.0. The number of benzene rings is 1. The van der Waals surface area contributed by atoms with Crippen LogP contribution in [-0.2, 0) is 9.59 Å². The standard InChI is InChI=1S/C20H27Cl2N3O2/c21-14-10-15(22)12-16(11-14)24-19(26)9-13-5-7-25(8-6-13)20(27)17-3-1-2-4-18(17)23/h10-13,17-18H,1-9,23H2,(H,24,26). The molecule has 148 valence electrons. The van der Waals surface area contributed by atoms with Gasteiger partial charge in [0.15, 0.2) is 0 Å². The molecular formula is C20H27Cl2N3O2. The third kappa shape index (κ3) is 5.59. The van der Waals surface area contributed by atoms with E-state index >= 15 is 0 Å². The largest absolute Gasteiger partial charge is 0.342 e. The van der Waals surface area contributed by atoms with Crippen LogP contribution in [0.2, 0.25) is 10.0 Å². The molecule has 1 saturated carbocycles. The number of nitrogens with one attached hydrogen (secondary N) is 1. The maximum atomic E-state index is 12.7. The van der Waals surface area contributed by atoms with Crippen molar-refractivity contribution in [3.05, 3.63) is 28.2 Å². The predicted octanol–water partition coefficient (Wildman–Crippen LogP) is 4.08. The van der Waals surface area contributed by atoms with Gasteiger partial charge in [0, 0.05) is 41.3 Å². The Morgan fingerprint density at radius 1 is 1.04 bits per heavy atom. The van der Waals surface area contributed by atoms with Gasteiger partial charge < -0.3 is 16.0 Å². The Morgan fingerprint density at radius 3 is 2.30 bits per heavy atom. The van der Waals surface area contributed by atoms with Crippen LogP contribution >= 0.6 is 23.2 Å². The van der Waals surface area contributed by atoms with Gasteiger partial charge in [-0.05, 0) is 49.8 Å². The predicted molar refractivity (Wildman–Crippen MR) is 109 cm³/mol. The van der Waals surface area contributed by atoms with E-state index in [1.165, 1.54) is 0 Å². The van der Waals surface area contributed by atoms with Crippen molar-refractivity contribution in [1.82, 2.24) is 4.90 Å². The number of rotatable bonds is 4. The molecule has 1 heterocycles. The number of nitrogens with two attached hydrogens (primary N) is 1. The minimum absolute atomic E-state index is 0.000674. The normalized spacial score (nSPS) is 23.9. The van der Waals surface area contributed by atoms with Crippen LogP contribution in [0.3, 0.4) is 0 Å². The van der Waals surface area contributed by atoms with Crippen molar-refractivity contribution in [2.75, 3.05) is 18.4 Å². The molecule has 1 aromatic carbocycles. The number of amides is 2. The molecule has 27 heavy (non-hydrogen) atoms. The van der Waals surface area contributed by atoms with E-state index in [1.54, 1.807) is 18.2 Å². The molecule has 0 spiro atoms. The van der Waals surface area contributed by atoms with Crippen molar-refractivity contribution in [3.8, 4) is 0 Å². The molecular weight excluding hydrogens is 385 g/mol. The highest BCUT2D eigenvalue weighted by Gasteiger charge is 2.33. The average molecular weight is 412 g/mol. The molecule has 2 atom stereocenters. The summed E-state index contributed by atoms with van der Waals surface area (Å²) >= 11 is 11.9. The van der Waals surface area contributed by atoms with E-state index in [0.717, 1.165) is 38.5 Å². The number of piperidine rings is 1. The van der Waals surface area contributed by atoms with E-state index in [9.17, 15) is 9.59 Å². The lowest BCUT2D eigenvalue weighted by atomic mass is 9.83. The summed E-state index contributed by atoms with van der Waals surface area (Å²) in [5, 5.41) is 3.84. The van der Waals surface area contributed by atoms with E-state index in [-0.39, 0.29) is 29.7 Å². The van der Waals surface area contributed by atoms with Gasteiger partial charge in [-0.2, -0.15) is 0 Å². The molecule has 0 aromatic heterocycles. The van der Waals surface area contributed by atoms with Crippen molar-refractivity contribution < 1.29 is 9.59 Å². The summed E-state index contributed by atoms with van der Waals surface area (Å²) < 4.78 is 0. The van der Waals surface area contributed by atoms with Crippen LogP contribution in [0.15, 0.2) is 18.2 Å². The van der Waals surface area contributed by atoms with Gasteiger partial charge >= 0.3 is 0 Å². The molecule has 5 nitrogen and oxygen atoms in total. The zero-order valence-corrected chi connectivity index (χ0v) is 16.9. The highest BCUT2D eigenvalue weighted by molar-refractivity contribution is 6.35. The van der Waals surface area contributed by atoms with E-state index in [0.29, 0.717) is 35.2 Å². The maximum absolute atomic E-state index is 12.7. The SMILES string of the molecule is NC1CCCCC1C(=O)N1CCC(CC(=O)Nc2cc(Cl)cc(Cl)c2)CC1. The number of carbonyl (C=O) groups is 2. The zero-order chi connectivity index (χ0) is 19.4. The van der Waals surface area contributed by atoms with E-state index in [4.69, 9.17) is 28.9 Å². The van der Waals surface area contributed by atoms with E-state index < -0.39 is 0 Å². The van der Waals surface area contributed by atoms with Crippen molar-refractivity contribution >= 4 is 40.7 Å². The number of hydrogen-bond acceptors (Lipinski definition) is 3. The summed E-state index contributed by atoms with van der Waals surface area (Å²) in [7, 11) is 0. The van der Waals surface area contributed by atoms with Gasteiger partial charge in [-0.25, -0.2) is 0 Å². The molecule has 3 rings (SSSR count). The quantitative estimate of drug-likeness (QED) is 0.783. The zero-order valence-electron chi connectivity index (χ0n) is 15.4. The van der Waals surface area contributed by atoms with Crippen molar-refractivity contribution in [3.63, 3.8) is 0 Å². The van der Waals surface area contributed by atoms with Gasteiger partial charge in [-0.15, -0.1) is 0 Å². The summed E-state index contributed by atoms with van der Waals surface area (Å²) in [6.07, 6.45) is 6.20. The Bertz CT molecular complexity index is 670. The van der Waals surface area contributed by atoms with Gasteiger partial charge in [0.1, 0.15) is 0 Å². The lowest BCUT2D eigenvalue weighted by Gasteiger charge is -2.37. The first kappa shape index (κ1) is 20.4. The molecule has 2 aliphatic rings. The summed E-state index contributed by atoms with van der Waals surface area (Å²) in [6, 6.07) is 4.99. The summed E-state index contributed by atoms with van der Waals surface area (Å²) in [5.74, 6) is 0.418. The van der Waals surface area contributed by atoms with Crippen LogP contribution in [0.1, 0.15) is 44.9 Å². The number of anilines is 1. The molecule has 1 aliphatic heterocycles. The van der Waals surface area contributed by atoms with Gasteiger partial charge in [0.05, 0.1) is 5.92 Å². The lowest BCUT2D eigenvalue weighted by Crippen LogP contribution is -2.48. The fourth-order valence-corrected chi connectivity index (χ4v) is 4.68. The maximum Gasteiger partial charge on any atom is 0.227 e. The molecule has 3 N–H and O–H groups in total. The number of nitrogens with zero attached hydrogens (tertiary/aromatic N) is 1. The fraction of sp³-hybridized carbons (Fsp3) is 0.600. The topological polar surface area (TPSA) is 75.4 Å². The molecule has 2 amide bonds. The number of halogens is 2. The number of likely N-dealkylation sites (tertiary alicyclic amines) is 1. The second-order valence-corrected chi connectivity index (χ2v) is 8.61. The van der Waals surface area contributed by atoms with Crippen LogP contribution < -0.4 is 11.1 Å². The molecule has 2 unspecified atom stereocenters. The van der Waals surface area contributed by atoms with Gasteiger partial charge in [-0.1, -0.05) is 36.0 Å². The average Bonchev–Trinajstić information content (AvgIpc) is 2.61. The molecule has 2 fully saturated rings. The summed E-state index contributed by atoms with van der Waals surface area (Å²) in [6.45, 7) is 1.42. The minimum Gasteiger partial charge on any atom is -0.342 e. The Balaban J connectivity index is 1.46. The first-order valence-corrected chi connectivity index (χ1v) is 10.5. The monoisotopic (exact) mass is 411 g/mol. The Labute approximate surface area is 170 Å². The highest BCUT2D eigenvalue weighted by atomic mass is 35.5. The van der Waals surface area contributed by atoms with Crippen molar-refractivity contribution in [2.45, 2.75) is 51.0 Å². The Kier molecular flexibility index (Phi) is 7.01. The first-order chi connectivity index (χ1) is 12.9. The van der Waals surface area contributed by atoms with Crippen LogP contribution in [0.4, 0.5) is 5.69 Å². The van der Waals surface area contributed by atoms with Crippen molar-refractivity contribution in [2.24, 2.45) is 17.6 Å². The van der Waals surface area contributed by atoms with E-state index in [2.05, 4.69) is 5.32 Å². The van der Waals surface area contributed by atoms with Crippen LogP contribution in [0, 0.1) is 11.8 Å². The Hall–Kier alpha value is -1.30. The molecule has 1 aromatic rings. The van der Waals surface area contributed by atoms with Gasteiger partial charge in [-0.3, -0.25) is 9.59 Å². The van der Waals surface area contributed by atoms with Crippen LogP contribution in [0.5, 0.6) is 0 Å². The second-order valence-electron chi connectivity index (χ2n) is 7.73. The fourth-order valence-electron chi connectivity index (χ4n) is 4.16. The van der Waals surface area contributed by atoms with Crippen LogP contribution in [-0.4, -0.2) is 35.8 Å². The van der Waals surface area contributed by atoms with Gasteiger partial charge in [0.25, 0.3) is 0 Å². The third-order valence-electron chi connectivity index (χ3n) is 5.68. The lowest BCUT2D eigenvalue weighted by molar-refractivity contribution is -0.138. The minimum atomic E-state index is -0.0487. The summed E-state index contributed by atoms with van der Waals surface area (Å²) in [5.41, 5.74) is 6.76. The second kappa shape index (κ2) is 9.26. The number of carbonyl (C=O) groups excluding carboxylic acids is 2. The first-order valence-electron chi connectivity index (χ1n) is 9.72. The molecule has 0 radical (unpaired) electrons. The molecule has 7 heteroatoms. The Morgan fingerprint density at radius 2 is 1.67 bits per heavy atom. The number of hydrogen-bond donors (Lipinski definition) is 2. The molecule has 1 aliphatic carbocycles. The third-order valence-corrected chi connectivity index (χ3v) is 6.12. The molecule has 0 bridgehead atoms. The van der Waals surface area contributed by atoms with E-state index in [1.807, 2.05) is 4.90 Å². The molecule has 1 saturated heterocycles.